The average molecular weight is 475 g/mol. The summed E-state index contributed by atoms with van der Waals surface area (Å²) in [5.74, 6) is 0.166. The summed E-state index contributed by atoms with van der Waals surface area (Å²) in [6, 6.07) is 5.84. The van der Waals surface area contributed by atoms with Gasteiger partial charge in [-0.25, -0.2) is 4.79 Å². The molecule has 2 aromatic heterocycles. The summed E-state index contributed by atoms with van der Waals surface area (Å²) in [5.41, 5.74) is 1.04. The molecule has 3 N–H and O–H groups in total. The number of nitrogens with zero attached hydrogens (tertiary/aromatic N) is 1. The van der Waals surface area contributed by atoms with E-state index in [9.17, 15) is 14.4 Å². The van der Waals surface area contributed by atoms with Crippen LogP contribution in [-0.2, 0) is 4.74 Å². The fourth-order valence-electron chi connectivity index (χ4n) is 4.45. The fraction of sp³-hybridized carbons (Fsp3) is 0.435. The molecule has 33 heavy (non-hydrogen) atoms. The molecule has 3 heterocycles. The molecular formula is C23H27ClN4O5. The number of ether oxygens (including phenoxy) is 2. The maximum atomic E-state index is 13.5. The predicted molar refractivity (Wildman–Crippen MR) is 126 cm³/mol. The average Bonchev–Trinajstić information content (AvgIpc) is 3.32. The van der Waals surface area contributed by atoms with E-state index in [1.54, 1.807) is 25.1 Å². The molecule has 1 saturated heterocycles. The van der Waals surface area contributed by atoms with E-state index in [2.05, 4.69) is 15.3 Å². The van der Waals surface area contributed by atoms with Crippen LogP contribution in [0.3, 0.4) is 0 Å². The Morgan fingerprint density at radius 1 is 1.21 bits per heavy atom. The lowest BCUT2D eigenvalue weighted by Crippen LogP contribution is -2.42. The molecule has 3 aromatic rings. The SMILES string of the molecule is CCOC(=O)Oc1c[nH]c2c(=O)[nH]c3ccc(C(=O)N(C[C@@H]4CCCN4)C4CC4)cc3c12.Cl. The normalized spacial score (nSPS) is 17.7. The van der Waals surface area contributed by atoms with E-state index in [1.165, 1.54) is 6.20 Å². The highest BCUT2D eigenvalue weighted by molar-refractivity contribution is 6.10. The standard InChI is InChI=1S/C23H26N4O5.ClH/c1-2-31-23(30)32-18-11-25-20-19(18)16-10-13(5-8-17(16)26-21(20)28)22(29)27(15-6-7-15)12-14-4-3-9-24-14;/h5,8,10-11,14-15,24-25H,2-4,6-7,9,12H2,1H3,(H,26,28);1H/t14-;/m0./s1. The number of aromatic nitrogens is 2. The number of hydrogen-bond acceptors (Lipinski definition) is 6. The molecule has 0 unspecified atom stereocenters. The summed E-state index contributed by atoms with van der Waals surface area (Å²) in [4.78, 5) is 45.5. The Kier molecular flexibility index (Phi) is 6.62. The Labute approximate surface area is 196 Å². The number of amides is 1. The van der Waals surface area contributed by atoms with Gasteiger partial charge in [0.1, 0.15) is 5.52 Å². The third-order valence-corrected chi connectivity index (χ3v) is 6.14. The molecule has 10 heteroatoms. The van der Waals surface area contributed by atoms with E-state index in [-0.39, 0.29) is 47.8 Å². The number of hydrogen-bond donors (Lipinski definition) is 3. The number of carbonyl (C=O) groups is 2. The summed E-state index contributed by atoms with van der Waals surface area (Å²) in [6.07, 6.45) is 4.87. The van der Waals surface area contributed by atoms with E-state index in [0.29, 0.717) is 34.4 Å². The third kappa shape index (κ3) is 4.56. The molecule has 0 bridgehead atoms. The van der Waals surface area contributed by atoms with Crippen LogP contribution in [0.15, 0.2) is 29.2 Å². The minimum Gasteiger partial charge on any atom is -0.434 e. The number of carbonyl (C=O) groups excluding carboxylic acids is 2. The van der Waals surface area contributed by atoms with Crippen LogP contribution in [0.5, 0.6) is 5.75 Å². The zero-order valence-electron chi connectivity index (χ0n) is 18.3. The van der Waals surface area contributed by atoms with Gasteiger partial charge in [-0.2, -0.15) is 0 Å². The van der Waals surface area contributed by atoms with Crippen molar-refractivity contribution < 1.29 is 19.1 Å². The number of rotatable bonds is 6. The molecule has 1 atom stereocenters. The van der Waals surface area contributed by atoms with Crippen molar-refractivity contribution >= 4 is 46.3 Å². The van der Waals surface area contributed by atoms with Crippen LogP contribution >= 0.6 is 12.4 Å². The first kappa shape index (κ1) is 23.1. The number of H-pyrrole nitrogens is 2. The fourth-order valence-corrected chi connectivity index (χ4v) is 4.45. The van der Waals surface area contributed by atoms with Crippen molar-refractivity contribution in [3.63, 3.8) is 0 Å². The smallest absolute Gasteiger partial charge is 0.434 e. The first-order chi connectivity index (χ1) is 15.5. The summed E-state index contributed by atoms with van der Waals surface area (Å²) < 4.78 is 10.2. The van der Waals surface area contributed by atoms with Gasteiger partial charge in [-0.15, -0.1) is 12.4 Å². The highest BCUT2D eigenvalue weighted by atomic mass is 35.5. The van der Waals surface area contributed by atoms with E-state index >= 15 is 0 Å². The van der Waals surface area contributed by atoms with E-state index in [4.69, 9.17) is 9.47 Å². The van der Waals surface area contributed by atoms with Crippen LogP contribution in [-0.4, -0.2) is 58.7 Å². The molecule has 0 radical (unpaired) electrons. The van der Waals surface area contributed by atoms with Crippen molar-refractivity contribution in [1.29, 1.82) is 0 Å². The van der Waals surface area contributed by atoms with Gasteiger partial charge < -0.3 is 29.7 Å². The number of nitrogens with one attached hydrogen (secondary N) is 3. The number of benzene rings is 1. The maximum Gasteiger partial charge on any atom is 0.513 e. The molecule has 1 aliphatic carbocycles. The summed E-state index contributed by atoms with van der Waals surface area (Å²) in [6.45, 7) is 3.55. The van der Waals surface area contributed by atoms with Gasteiger partial charge in [0, 0.05) is 41.3 Å². The van der Waals surface area contributed by atoms with Gasteiger partial charge >= 0.3 is 6.16 Å². The molecule has 1 aliphatic heterocycles. The second-order valence-electron chi connectivity index (χ2n) is 8.38. The van der Waals surface area contributed by atoms with Gasteiger partial charge in [0.05, 0.1) is 12.0 Å². The maximum absolute atomic E-state index is 13.5. The molecule has 1 aromatic carbocycles. The number of pyridine rings is 1. The lowest BCUT2D eigenvalue weighted by molar-refractivity contribution is 0.0728. The van der Waals surface area contributed by atoms with Gasteiger partial charge in [-0.1, -0.05) is 0 Å². The lowest BCUT2D eigenvalue weighted by atomic mass is 10.1. The summed E-state index contributed by atoms with van der Waals surface area (Å²) in [7, 11) is 0. The molecule has 9 nitrogen and oxygen atoms in total. The monoisotopic (exact) mass is 474 g/mol. The largest absolute Gasteiger partial charge is 0.513 e. The predicted octanol–water partition coefficient (Wildman–Crippen LogP) is 3.32. The first-order valence-electron chi connectivity index (χ1n) is 11.1. The van der Waals surface area contributed by atoms with Crippen LogP contribution < -0.4 is 15.6 Å². The quantitative estimate of drug-likeness (QED) is 0.472. The highest BCUT2D eigenvalue weighted by Crippen LogP contribution is 2.33. The Balaban J connectivity index is 0.00000259. The molecule has 176 valence electrons. The van der Waals surface area contributed by atoms with Crippen molar-refractivity contribution in [2.45, 2.75) is 44.7 Å². The molecule has 2 aliphatic rings. The zero-order valence-corrected chi connectivity index (χ0v) is 19.1. The highest BCUT2D eigenvalue weighted by Gasteiger charge is 2.35. The Bertz CT molecular complexity index is 1240. The lowest BCUT2D eigenvalue weighted by Gasteiger charge is -2.26. The Hall–Kier alpha value is -3.04. The Morgan fingerprint density at radius 3 is 2.73 bits per heavy atom. The number of fused-ring (bicyclic) bond motifs is 3. The van der Waals surface area contributed by atoms with Crippen molar-refractivity contribution in [2.75, 3.05) is 19.7 Å². The van der Waals surface area contributed by atoms with Crippen molar-refractivity contribution in [3.05, 3.63) is 40.3 Å². The molecule has 2 fully saturated rings. The van der Waals surface area contributed by atoms with Crippen molar-refractivity contribution in [1.82, 2.24) is 20.2 Å². The Morgan fingerprint density at radius 2 is 2.03 bits per heavy atom. The topological polar surface area (TPSA) is 117 Å². The van der Waals surface area contributed by atoms with E-state index in [0.717, 1.165) is 32.2 Å². The minimum absolute atomic E-state index is 0. The second kappa shape index (κ2) is 9.44. The first-order valence-corrected chi connectivity index (χ1v) is 11.1. The molecular weight excluding hydrogens is 448 g/mol. The van der Waals surface area contributed by atoms with Crippen molar-refractivity contribution in [3.8, 4) is 5.75 Å². The number of halogens is 1. The second-order valence-corrected chi connectivity index (χ2v) is 8.38. The third-order valence-electron chi connectivity index (χ3n) is 6.14. The van der Waals surface area contributed by atoms with Crippen LogP contribution in [0.2, 0.25) is 0 Å². The molecule has 0 spiro atoms. The van der Waals surface area contributed by atoms with Gasteiger partial charge in [-0.3, -0.25) is 9.59 Å². The molecule has 1 amide bonds. The van der Waals surface area contributed by atoms with Crippen LogP contribution in [0.4, 0.5) is 4.79 Å². The van der Waals surface area contributed by atoms with E-state index in [1.807, 2.05) is 4.90 Å². The minimum atomic E-state index is -0.849. The molecule has 5 rings (SSSR count). The summed E-state index contributed by atoms with van der Waals surface area (Å²) >= 11 is 0. The molecule has 1 saturated carbocycles. The van der Waals surface area contributed by atoms with Crippen LogP contribution in [0.1, 0.15) is 43.0 Å². The van der Waals surface area contributed by atoms with E-state index < -0.39 is 6.16 Å². The summed E-state index contributed by atoms with van der Waals surface area (Å²) in [5, 5.41) is 4.54. The van der Waals surface area contributed by atoms with Crippen molar-refractivity contribution in [2.24, 2.45) is 0 Å². The van der Waals surface area contributed by atoms with Crippen LogP contribution in [0.25, 0.3) is 21.8 Å². The number of aromatic amines is 2. The van der Waals surface area contributed by atoms with Crippen LogP contribution in [0, 0.1) is 0 Å². The van der Waals surface area contributed by atoms with Gasteiger partial charge in [0.25, 0.3) is 11.5 Å². The zero-order chi connectivity index (χ0) is 22.2. The van der Waals surface area contributed by atoms with Gasteiger partial charge in [-0.05, 0) is 57.4 Å². The van der Waals surface area contributed by atoms with Gasteiger partial charge in [0.2, 0.25) is 0 Å². The van der Waals surface area contributed by atoms with Gasteiger partial charge in [0.15, 0.2) is 5.75 Å².